The van der Waals surface area contributed by atoms with Gasteiger partial charge in [-0.2, -0.15) is 0 Å². The van der Waals surface area contributed by atoms with Gasteiger partial charge in [0.15, 0.2) is 0 Å². The topological polar surface area (TPSA) is 115 Å². The first kappa shape index (κ1) is 13.5. The average Bonchev–Trinajstić information content (AvgIpc) is 2.21. The molecule has 0 unspecified atom stereocenters. The largest absolute Gasteiger partial charge is 0.397 e. The van der Waals surface area contributed by atoms with Crippen LogP contribution in [0.2, 0.25) is 0 Å². The Balaban J connectivity index is 3.24. The van der Waals surface area contributed by atoms with Crippen molar-refractivity contribution in [2.24, 2.45) is 5.73 Å². The molecule has 0 saturated heterocycles. The lowest BCUT2D eigenvalue weighted by Crippen LogP contribution is -2.34. The summed E-state index contributed by atoms with van der Waals surface area (Å²) in [5, 5.41) is 0. The molecule has 0 atom stereocenters. The van der Waals surface area contributed by atoms with E-state index in [0.717, 1.165) is 0 Å². The molecule has 0 heterocycles. The minimum absolute atomic E-state index is 0.00116. The third-order valence-corrected chi connectivity index (χ3v) is 3.92. The van der Waals surface area contributed by atoms with Crippen LogP contribution >= 0.6 is 0 Å². The Hall–Kier alpha value is -1.60. The van der Waals surface area contributed by atoms with Gasteiger partial charge in [0.1, 0.15) is 4.90 Å². The maximum Gasteiger partial charge on any atom is 0.243 e. The van der Waals surface area contributed by atoms with Gasteiger partial charge in [-0.3, -0.25) is 4.79 Å². The van der Waals surface area contributed by atoms with Crippen molar-refractivity contribution >= 4 is 21.6 Å². The molecule has 0 spiro atoms. The number of nitrogens with one attached hydrogen (secondary N) is 1. The van der Waals surface area contributed by atoms with Gasteiger partial charge in [-0.1, -0.05) is 12.1 Å². The van der Waals surface area contributed by atoms with Crippen LogP contribution in [0.1, 0.15) is 11.1 Å². The number of sulfonamides is 1. The van der Waals surface area contributed by atoms with Gasteiger partial charge in [0.2, 0.25) is 15.9 Å². The second kappa shape index (κ2) is 4.72. The minimum Gasteiger partial charge on any atom is -0.397 e. The molecule has 6 nitrogen and oxygen atoms in total. The molecular formula is C10H15N3O3S. The van der Waals surface area contributed by atoms with Crippen molar-refractivity contribution in [3.63, 3.8) is 0 Å². The number of benzene rings is 1. The summed E-state index contributed by atoms with van der Waals surface area (Å²) in [5.74, 6) is -0.752. The maximum absolute atomic E-state index is 11.9. The molecule has 0 radical (unpaired) electrons. The number of primary amides is 1. The summed E-state index contributed by atoms with van der Waals surface area (Å²) in [6, 6.07) is 3.39. The Kier molecular flexibility index (Phi) is 3.74. The molecule has 0 aliphatic heterocycles. The molecular weight excluding hydrogens is 242 g/mol. The lowest BCUT2D eigenvalue weighted by atomic mass is 10.1. The standard InChI is InChI=1S/C10H15N3O3S/c1-6-3-4-7(2)10(9(6)12)17(15,16)13-5-8(11)14/h3-4,13H,5,12H2,1-2H3,(H2,11,14). The van der Waals surface area contributed by atoms with E-state index in [1.54, 1.807) is 26.0 Å². The minimum atomic E-state index is -3.82. The summed E-state index contributed by atoms with van der Waals surface area (Å²) < 4.78 is 26.0. The monoisotopic (exact) mass is 257 g/mol. The van der Waals surface area contributed by atoms with Crippen LogP contribution in [0.3, 0.4) is 0 Å². The van der Waals surface area contributed by atoms with Crippen LogP contribution in [-0.4, -0.2) is 20.9 Å². The van der Waals surface area contributed by atoms with E-state index in [-0.39, 0.29) is 10.6 Å². The number of hydrogen-bond donors (Lipinski definition) is 3. The molecule has 1 aromatic carbocycles. The van der Waals surface area contributed by atoms with Crippen LogP contribution in [0.15, 0.2) is 17.0 Å². The van der Waals surface area contributed by atoms with E-state index in [4.69, 9.17) is 11.5 Å². The second-order valence-electron chi connectivity index (χ2n) is 3.73. The highest BCUT2D eigenvalue weighted by Gasteiger charge is 2.21. The van der Waals surface area contributed by atoms with Crippen molar-refractivity contribution in [1.29, 1.82) is 0 Å². The highest BCUT2D eigenvalue weighted by Crippen LogP contribution is 2.25. The van der Waals surface area contributed by atoms with E-state index in [1.807, 2.05) is 0 Å². The molecule has 0 fully saturated rings. The first-order chi connectivity index (χ1) is 7.75. The van der Waals surface area contributed by atoms with Gasteiger partial charge < -0.3 is 11.5 Å². The number of carbonyl (C=O) groups excluding carboxylic acids is 1. The van der Waals surface area contributed by atoms with E-state index in [2.05, 4.69) is 4.72 Å². The average molecular weight is 257 g/mol. The zero-order valence-electron chi connectivity index (χ0n) is 9.65. The molecule has 1 aromatic rings. The Morgan fingerprint density at radius 2 is 1.82 bits per heavy atom. The highest BCUT2D eigenvalue weighted by molar-refractivity contribution is 7.89. The predicted molar refractivity (Wildman–Crippen MR) is 64.7 cm³/mol. The molecule has 0 aliphatic rings. The fraction of sp³-hybridized carbons (Fsp3) is 0.300. The number of aryl methyl sites for hydroxylation is 2. The first-order valence-corrected chi connectivity index (χ1v) is 6.37. The molecule has 0 saturated carbocycles. The first-order valence-electron chi connectivity index (χ1n) is 4.89. The summed E-state index contributed by atoms with van der Waals surface area (Å²) >= 11 is 0. The molecule has 0 bridgehead atoms. The van der Waals surface area contributed by atoms with E-state index in [0.29, 0.717) is 11.1 Å². The van der Waals surface area contributed by atoms with E-state index < -0.39 is 22.5 Å². The summed E-state index contributed by atoms with van der Waals surface area (Å²) in [4.78, 5) is 10.6. The van der Waals surface area contributed by atoms with Crippen LogP contribution in [0.25, 0.3) is 0 Å². The van der Waals surface area contributed by atoms with Crippen molar-refractivity contribution in [3.05, 3.63) is 23.3 Å². The summed E-state index contributed by atoms with van der Waals surface area (Å²) in [6.07, 6.45) is 0. The normalized spacial score (nSPS) is 11.4. The van der Waals surface area contributed by atoms with Crippen LogP contribution < -0.4 is 16.2 Å². The van der Waals surface area contributed by atoms with Crippen LogP contribution in [0.4, 0.5) is 5.69 Å². The number of hydrogen-bond acceptors (Lipinski definition) is 4. The molecule has 0 aromatic heterocycles. The van der Waals surface area contributed by atoms with Gasteiger partial charge in [-0.15, -0.1) is 0 Å². The van der Waals surface area contributed by atoms with Crippen molar-refractivity contribution in [3.8, 4) is 0 Å². The number of nitrogen functional groups attached to an aromatic ring is 1. The van der Waals surface area contributed by atoms with Gasteiger partial charge in [0.25, 0.3) is 0 Å². The Bertz CT molecular complexity index is 552. The fourth-order valence-corrected chi connectivity index (χ4v) is 2.82. The van der Waals surface area contributed by atoms with E-state index in [9.17, 15) is 13.2 Å². The van der Waals surface area contributed by atoms with E-state index in [1.165, 1.54) is 0 Å². The van der Waals surface area contributed by atoms with Gasteiger partial charge in [0, 0.05) is 0 Å². The second-order valence-corrected chi connectivity index (χ2v) is 5.44. The number of amides is 1. The maximum atomic E-state index is 11.9. The summed E-state index contributed by atoms with van der Waals surface area (Å²) in [6.45, 7) is 2.89. The highest BCUT2D eigenvalue weighted by atomic mass is 32.2. The van der Waals surface area contributed by atoms with Crippen LogP contribution in [0, 0.1) is 13.8 Å². The van der Waals surface area contributed by atoms with Gasteiger partial charge >= 0.3 is 0 Å². The summed E-state index contributed by atoms with van der Waals surface area (Å²) in [7, 11) is -3.82. The zero-order valence-corrected chi connectivity index (χ0v) is 10.5. The molecule has 94 valence electrons. The molecule has 1 amide bonds. The van der Waals surface area contributed by atoms with Gasteiger partial charge in [0.05, 0.1) is 12.2 Å². The van der Waals surface area contributed by atoms with Crippen molar-refractivity contribution in [2.45, 2.75) is 18.7 Å². The number of rotatable bonds is 4. The Labute approximate surface area is 100 Å². The van der Waals surface area contributed by atoms with Gasteiger partial charge in [-0.05, 0) is 25.0 Å². The van der Waals surface area contributed by atoms with Gasteiger partial charge in [-0.25, -0.2) is 13.1 Å². The third kappa shape index (κ3) is 2.95. The summed E-state index contributed by atoms with van der Waals surface area (Å²) in [5.41, 5.74) is 12.0. The molecule has 17 heavy (non-hydrogen) atoms. The van der Waals surface area contributed by atoms with Crippen molar-refractivity contribution < 1.29 is 13.2 Å². The van der Waals surface area contributed by atoms with E-state index >= 15 is 0 Å². The molecule has 0 aliphatic carbocycles. The number of carbonyl (C=O) groups is 1. The van der Waals surface area contributed by atoms with Crippen LogP contribution in [-0.2, 0) is 14.8 Å². The third-order valence-electron chi connectivity index (χ3n) is 2.32. The molecule has 7 heteroatoms. The number of nitrogens with two attached hydrogens (primary N) is 2. The quantitative estimate of drug-likeness (QED) is 0.639. The lowest BCUT2D eigenvalue weighted by Gasteiger charge is -2.12. The van der Waals surface area contributed by atoms with Crippen molar-refractivity contribution in [2.75, 3.05) is 12.3 Å². The molecule has 5 N–H and O–H groups in total. The van der Waals surface area contributed by atoms with Crippen LogP contribution in [0.5, 0.6) is 0 Å². The zero-order chi connectivity index (χ0) is 13.2. The smallest absolute Gasteiger partial charge is 0.243 e. The predicted octanol–water partition coefficient (Wildman–Crippen LogP) is -0.351. The lowest BCUT2D eigenvalue weighted by molar-refractivity contribution is -0.116. The Morgan fingerprint density at radius 3 is 2.35 bits per heavy atom. The Morgan fingerprint density at radius 1 is 1.29 bits per heavy atom. The number of anilines is 1. The fourth-order valence-electron chi connectivity index (χ4n) is 1.40. The van der Waals surface area contributed by atoms with Crippen molar-refractivity contribution in [1.82, 2.24) is 4.72 Å². The SMILES string of the molecule is Cc1ccc(C)c(S(=O)(=O)NCC(N)=O)c1N. The molecule has 1 rings (SSSR count).